The lowest BCUT2D eigenvalue weighted by Crippen LogP contribution is -2.54. The van der Waals surface area contributed by atoms with E-state index in [1.807, 2.05) is 57.2 Å². The molecular weight excluding hydrogens is 665 g/mol. The summed E-state index contributed by atoms with van der Waals surface area (Å²) < 4.78 is 29.3. The Labute approximate surface area is 286 Å². The van der Waals surface area contributed by atoms with Gasteiger partial charge in [-0.15, -0.1) is 0 Å². The Balaban J connectivity index is 1.82. The van der Waals surface area contributed by atoms with Crippen molar-refractivity contribution < 1.29 is 18.0 Å². The van der Waals surface area contributed by atoms with E-state index >= 15 is 0 Å². The average molecular weight is 701 g/mol. The number of anilines is 1. The van der Waals surface area contributed by atoms with E-state index in [0.717, 1.165) is 15.4 Å². The van der Waals surface area contributed by atoms with Crippen LogP contribution in [0.1, 0.15) is 37.0 Å². The SMILES string of the molecule is CC[C@H](C)NC(=O)[C@@H](Cc1ccccc1)N(Cc1ccc(Cl)c(Cl)c1)C(=O)CN(c1cccc(C)c1)S(=O)(=O)c1ccc(Cl)cc1. The zero-order valence-corrected chi connectivity index (χ0v) is 28.9. The number of hydrogen-bond acceptors (Lipinski definition) is 4. The molecule has 0 aromatic heterocycles. The van der Waals surface area contributed by atoms with Crippen molar-refractivity contribution in [1.82, 2.24) is 10.2 Å². The van der Waals surface area contributed by atoms with Gasteiger partial charge in [0.25, 0.3) is 10.0 Å². The van der Waals surface area contributed by atoms with Gasteiger partial charge in [-0.25, -0.2) is 8.42 Å². The molecule has 2 atom stereocenters. The monoisotopic (exact) mass is 699 g/mol. The molecule has 4 aromatic rings. The minimum absolute atomic E-state index is 0.0240. The molecular formula is C35H36Cl3N3O4S. The number of nitrogens with zero attached hydrogens (tertiary/aromatic N) is 2. The number of halogens is 3. The molecule has 0 unspecified atom stereocenters. The van der Waals surface area contributed by atoms with E-state index in [4.69, 9.17) is 34.8 Å². The fraction of sp³-hybridized carbons (Fsp3) is 0.257. The normalized spacial score (nSPS) is 12.7. The van der Waals surface area contributed by atoms with Crippen LogP contribution in [-0.4, -0.2) is 43.8 Å². The molecule has 0 heterocycles. The van der Waals surface area contributed by atoms with Gasteiger partial charge in [-0.3, -0.25) is 13.9 Å². The molecule has 242 valence electrons. The maximum atomic E-state index is 14.6. The van der Waals surface area contributed by atoms with Crippen LogP contribution < -0.4 is 9.62 Å². The van der Waals surface area contributed by atoms with Crippen LogP contribution in [0.15, 0.2) is 102 Å². The highest BCUT2D eigenvalue weighted by Crippen LogP contribution is 2.28. The molecule has 11 heteroatoms. The van der Waals surface area contributed by atoms with Crippen molar-refractivity contribution in [1.29, 1.82) is 0 Å². The van der Waals surface area contributed by atoms with Gasteiger partial charge in [-0.1, -0.05) is 90.3 Å². The van der Waals surface area contributed by atoms with Crippen LogP contribution in [0.4, 0.5) is 5.69 Å². The number of benzene rings is 4. The van der Waals surface area contributed by atoms with E-state index in [0.29, 0.717) is 32.7 Å². The Kier molecular flexibility index (Phi) is 12.1. The molecule has 0 aliphatic heterocycles. The topological polar surface area (TPSA) is 86.8 Å². The lowest BCUT2D eigenvalue weighted by Gasteiger charge is -2.34. The van der Waals surface area contributed by atoms with Crippen molar-refractivity contribution in [3.05, 3.63) is 129 Å². The standard InChI is InChI=1S/C35H36Cl3N3O4S/c1-4-25(3)39-35(43)33(21-26-10-6-5-7-11-26)40(22-27-13-18-31(37)32(38)20-27)34(42)23-41(29-12-8-9-24(2)19-29)46(44,45)30-16-14-28(36)15-17-30/h5-20,25,33H,4,21-23H2,1-3H3,(H,39,43)/t25-,33+/m0/s1. The number of hydrogen-bond donors (Lipinski definition) is 1. The molecule has 0 bridgehead atoms. The fourth-order valence-electron chi connectivity index (χ4n) is 4.88. The van der Waals surface area contributed by atoms with Gasteiger partial charge in [-0.05, 0) is 85.5 Å². The molecule has 0 spiro atoms. The highest BCUT2D eigenvalue weighted by atomic mass is 35.5. The second-order valence-electron chi connectivity index (χ2n) is 11.1. The van der Waals surface area contributed by atoms with E-state index in [1.165, 1.54) is 29.2 Å². The molecule has 1 N–H and O–H groups in total. The van der Waals surface area contributed by atoms with E-state index in [2.05, 4.69) is 5.32 Å². The van der Waals surface area contributed by atoms with E-state index in [-0.39, 0.29) is 29.8 Å². The van der Waals surface area contributed by atoms with Gasteiger partial charge in [0.15, 0.2) is 0 Å². The number of rotatable bonds is 13. The second kappa shape index (κ2) is 15.8. The average Bonchev–Trinajstić information content (AvgIpc) is 3.03. The summed E-state index contributed by atoms with van der Waals surface area (Å²) in [6, 6.07) is 25.9. The number of carbonyl (C=O) groups excluding carboxylic acids is 2. The van der Waals surface area contributed by atoms with Crippen LogP contribution in [0.25, 0.3) is 0 Å². The van der Waals surface area contributed by atoms with Gasteiger partial charge in [0.05, 0.1) is 20.6 Å². The Morgan fingerprint density at radius 2 is 1.52 bits per heavy atom. The fourth-order valence-corrected chi connectivity index (χ4v) is 6.73. The first-order valence-corrected chi connectivity index (χ1v) is 17.4. The molecule has 2 amide bonds. The summed E-state index contributed by atoms with van der Waals surface area (Å²) in [6.45, 7) is 5.09. The minimum atomic E-state index is -4.24. The molecule has 4 rings (SSSR count). The van der Waals surface area contributed by atoms with Gasteiger partial charge in [0.1, 0.15) is 12.6 Å². The predicted molar refractivity (Wildman–Crippen MR) is 186 cm³/mol. The van der Waals surface area contributed by atoms with Crippen LogP contribution >= 0.6 is 34.8 Å². The summed E-state index contributed by atoms with van der Waals surface area (Å²) in [4.78, 5) is 29.9. The molecule has 0 aliphatic carbocycles. The van der Waals surface area contributed by atoms with Crippen molar-refractivity contribution in [3.63, 3.8) is 0 Å². The lowest BCUT2D eigenvalue weighted by atomic mass is 10.0. The Morgan fingerprint density at radius 1 is 0.826 bits per heavy atom. The molecule has 46 heavy (non-hydrogen) atoms. The van der Waals surface area contributed by atoms with Gasteiger partial charge in [0, 0.05) is 24.0 Å². The zero-order valence-electron chi connectivity index (χ0n) is 25.8. The third-order valence-electron chi connectivity index (χ3n) is 7.58. The van der Waals surface area contributed by atoms with E-state index in [1.54, 1.807) is 36.4 Å². The van der Waals surface area contributed by atoms with Crippen LogP contribution in [0, 0.1) is 6.92 Å². The maximum absolute atomic E-state index is 14.6. The Bertz CT molecular complexity index is 1770. The summed E-state index contributed by atoms with van der Waals surface area (Å²) in [6.07, 6.45) is 0.884. The smallest absolute Gasteiger partial charge is 0.264 e. The maximum Gasteiger partial charge on any atom is 0.264 e. The van der Waals surface area contributed by atoms with Gasteiger partial charge < -0.3 is 10.2 Å². The molecule has 0 fully saturated rings. The summed E-state index contributed by atoms with van der Waals surface area (Å²) in [5, 5.41) is 4.04. The largest absolute Gasteiger partial charge is 0.352 e. The number of carbonyl (C=O) groups is 2. The van der Waals surface area contributed by atoms with Gasteiger partial charge >= 0.3 is 0 Å². The van der Waals surface area contributed by atoms with Crippen molar-refractivity contribution in [2.45, 2.75) is 57.1 Å². The number of aryl methyl sites for hydroxylation is 1. The summed E-state index contributed by atoms with van der Waals surface area (Å²) in [5.74, 6) is -0.931. The van der Waals surface area contributed by atoms with E-state index < -0.39 is 28.5 Å². The van der Waals surface area contributed by atoms with Crippen molar-refractivity contribution in [2.75, 3.05) is 10.8 Å². The molecule has 0 saturated carbocycles. The second-order valence-corrected chi connectivity index (χ2v) is 14.2. The number of nitrogens with one attached hydrogen (secondary N) is 1. The number of sulfonamides is 1. The van der Waals surface area contributed by atoms with Gasteiger partial charge in [-0.2, -0.15) is 0 Å². The summed E-state index contributed by atoms with van der Waals surface area (Å²) in [7, 11) is -4.24. The predicted octanol–water partition coefficient (Wildman–Crippen LogP) is 7.71. The first kappa shape index (κ1) is 35.3. The zero-order chi connectivity index (χ0) is 33.4. The first-order valence-electron chi connectivity index (χ1n) is 14.8. The highest BCUT2D eigenvalue weighted by Gasteiger charge is 2.35. The van der Waals surface area contributed by atoms with Crippen molar-refractivity contribution in [3.8, 4) is 0 Å². The molecule has 0 saturated heterocycles. The highest BCUT2D eigenvalue weighted by molar-refractivity contribution is 7.92. The third kappa shape index (κ3) is 9.04. The summed E-state index contributed by atoms with van der Waals surface area (Å²) in [5.41, 5.74) is 2.58. The molecule has 0 radical (unpaired) electrons. The summed E-state index contributed by atoms with van der Waals surface area (Å²) >= 11 is 18.6. The third-order valence-corrected chi connectivity index (χ3v) is 10.4. The number of amides is 2. The van der Waals surface area contributed by atoms with Gasteiger partial charge in [0.2, 0.25) is 11.8 Å². The minimum Gasteiger partial charge on any atom is -0.352 e. The van der Waals surface area contributed by atoms with Crippen LogP contribution in [0.3, 0.4) is 0 Å². The Morgan fingerprint density at radius 3 is 2.15 bits per heavy atom. The van der Waals surface area contributed by atoms with Crippen LogP contribution in [0.5, 0.6) is 0 Å². The van der Waals surface area contributed by atoms with E-state index in [9.17, 15) is 18.0 Å². The Hall–Kier alpha value is -3.56. The lowest BCUT2D eigenvalue weighted by molar-refractivity contribution is -0.140. The van der Waals surface area contributed by atoms with Crippen molar-refractivity contribution >= 4 is 62.3 Å². The molecule has 7 nitrogen and oxygen atoms in total. The van der Waals surface area contributed by atoms with Crippen LogP contribution in [0.2, 0.25) is 15.1 Å². The first-order chi connectivity index (χ1) is 21.9. The van der Waals surface area contributed by atoms with Crippen molar-refractivity contribution in [2.24, 2.45) is 0 Å². The quantitative estimate of drug-likeness (QED) is 0.155. The molecule has 4 aromatic carbocycles. The molecule has 0 aliphatic rings. The van der Waals surface area contributed by atoms with Crippen LogP contribution in [-0.2, 0) is 32.6 Å².